The molecule has 3 heteroatoms. The van der Waals surface area contributed by atoms with Crippen LogP contribution in [0.15, 0.2) is 18.2 Å². The van der Waals surface area contributed by atoms with Crippen molar-refractivity contribution < 1.29 is 9.13 Å². The van der Waals surface area contributed by atoms with Crippen LogP contribution < -0.4 is 10.5 Å². The van der Waals surface area contributed by atoms with Crippen molar-refractivity contribution in [1.29, 1.82) is 0 Å². The number of para-hydroxylation sites is 1. The lowest BCUT2D eigenvalue weighted by molar-refractivity contribution is 0.290. The normalized spacial score (nSPS) is 12.5. The van der Waals surface area contributed by atoms with E-state index >= 15 is 0 Å². The van der Waals surface area contributed by atoms with Crippen LogP contribution >= 0.6 is 0 Å². The molecular formula is C13H20FNO. The Bertz CT molecular complexity index is 326. The first-order valence-electron chi connectivity index (χ1n) is 5.81. The quantitative estimate of drug-likeness (QED) is 0.755. The highest BCUT2D eigenvalue weighted by Gasteiger charge is 2.10. The van der Waals surface area contributed by atoms with Crippen molar-refractivity contribution in [3.05, 3.63) is 29.6 Å². The van der Waals surface area contributed by atoms with Gasteiger partial charge in [-0.15, -0.1) is 0 Å². The van der Waals surface area contributed by atoms with Gasteiger partial charge >= 0.3 is 0 Å². The second-order valence-electron chi connectivity index (χ2n) is 4.11. The van der Waals surface area contributed by atoms with Crippen LogP contribution in [0.3, 0.4) is 0 Å². The lowest BCUT2D eigenvalue weighted by Crippen LogP contribution is -2.18. The van der Waals surface area contributed by atoms with Crippen molar-refractivity contribution in [2.75, 3.05) is 6.61 Å². The van der Waals surface area contributed by atoms with E-state index in [0.717, 1.165) is 18.4 Å². The van der Waals surface area contributed by atoms with E-state index < -0.39 is 0 Å². The summed E-state index contributed by atoms with van der Waals surface area (Å²) >= 11 is 0. The van der Waals surface area contributed by atoms with Gasteiger partial charge in [0.1, 0.15) is 0 Å². The summed E-state index contributed by atoms with van der Waals surface area (Å²) in [6.45, 7) is 4.54. The number of ether oxygens (including phenoxy) is 1. The van der Waals surface area contributed by atoms with E-state index in [0.29, 0.717) is 18.8 Å². The molecule has 0 aliphatic rings. The van der Waals surface area contributed by atoms with Crippen LogP contribution in [-0.2, 0) is 6.42 Å². The molecule has 1 aromatic carbocycles. The molecule has 0 heterocycles. The maximum atomic E-state index is 13.6. The lowest BCUT2D eigenvalue weighted by Gasteiger charge is -2.13. The third-order valence-electron chi connectivity index (χ3n) is 2.33. The van der Waals surface area contributed by atoms with E-state index in [1.807, 2.05) is 13.0 Å². The zero-order chi connectivity index (χ0) is 12.0. The Morgan fingerprint density at radius 3 is 2.81 bits per heavy atom. The Labute approximate surface area is 96.6 Å². The Morgan fingerprint density at radius 1 is 1.44 bits per heavy atom. The molecule has 0 saturated carbocycles. The number of hydrogen-bond donors (Lipinski definition) is 1. The van der Waals surface area contributed by atoms with Crippen molar-refractivity contribution in [3.8, 4) is 5.75 Å². The van der Waals surface area contributed by atoms with E-state index in [1.54, 1.807) is 6.07 Å². The smallest absolute Gasteiger partial charge is 0.165 e. The Hall–Kier alpha value is -1.09. The van der Waals surface area contributed by atoms with Crippen molar-refractivity contribution in [2.45, 2.75) is 39.2 Å². The van der Waals surface area contributed by atoms with Gasteiger partial charge in [0.15, 0.2) is 11.6 Å². The minimum absolute atomic E-state index is 0.00956. The standard InChI is InChI=1S/C13H20FNO/c1-3-4-8-16-13-11(9-10(2)15)6-5-7-12(13)14/h5-7,10H,3-4,8-9,15H2,1-2H3. The third kappa shape index (κ3) is 3.81. The largest absolute Gasteiger partial charge is 0.490 e. The average Bonchev–Trinajstić information content (AvgIpc) is 2.21. The topological polar surface area (TPSA) is 35.2 Å². The average molecular weight is 225 g/mol. The fourth-order valence-corrected chi connectivity index (χ4v) is 1.54. The Morgan fingerprint density at radius 2 is 2.19 bits per heavy atom. The van der Waals surface area contributed by atoms with Gasteiger partial charge in [-0.05, 0) is 31.4 Å². The number of benzene rings is 1. The number of unbranched alkanes of at least 4 members (excludes halogenated alkanes) is 1. The number of hydrogen-bond acceptors (Lipinski definition) is 2. The van der Waals surface area contributed by atoms with Gasteiger partial charge in [-0.25, -0.2) is 4.39 Å². The van der Waals surface area contributed by atoms with Gasteiger partial charge in [0, 0.05) is 6.04 Å². The van der Waals surface area contributed by atoms with Gasteiger partial charge in [-0.2, -0.15) is 0 Å². The first-order chi connectivity index (χ1) is 7.65. The SMILES string of the molecule is CCCCOc1c(F)cccc1CC(C)N. The Kier molecular flexibility index (Phi) is 5.26. The molecule has 0 saturated heterocycles. The highest BCUT2D eigenvalue weighted by atomic mass is 19.1. The zero-order valence-corrected chi connectivity index (χ0v) is 10.0. The van der Waals surface area contributed by atoms with Crippen LogP contribution in [0.5, 0.6) is 5.75 Å². The van der Waals surface area contributed by atoms with Gasteiger partial charge < -0.3 is 10.5 Å². The molecule has 16 heavy (non-hydrogen) atoms. The molecule has 1 rings (SSSR count). The molecule has 2 nitrogen and oxygen atoms in total. The van der Waals surface area contributed by atoms with E-state index in [4.69, 9.17) is 10.5 Å². The maximum Gasteiger partial charge on any atom is 0.165 e. The molecule has 0 aliphatic heterocycles. The molecule has 0 aliphatic carbocycles. The predicted octanol–water partition coefficient (Wildman–Crippen LogP) is 2.89. The highest BCUT2D eigenvalue weighted by Crippen LogP contribution is 2.24. The second-order valence-corrected chi connectivity index (χ2v) is 4.11. The van der Waals surface area contributed by atoms with Gasteiger partial charge in [0.25, 0.3) is 0 Å². The molecule has 90 valence electrons. The fourth-order valence-electron chi connectivity index (χ4n) is 1.54. The van der Waals surface area contributed by atoms with E-state index in [9.17, 15) is 4.39 Å². The van der Waals surface area contributed by atoms with Crippen LogP contribution in [-0.4, -0.2) is 12.6 Å². The van der Waals surface area contributed by atoms with Gasteiger partial charge in [0.2, 0.25) is 0 Å². The first-order valence-corrected chi connectivity index (χ1v) is 5.81. The van der Waals surface area contributed by atoms with Crippen LogP contribution in [0.1, 0.15) is 32.3 Å². The minimum atomic E-state index is -0.297. The zero-order valence-electron chi connectivity index (χ0n) is 10.0. The summed E-state index contributed by atoms with van der Waals surface area (Å²) in [5, 5.41) is 0. The third-order valence-corrected chi connectivity index (χ3v) is 2.33. The van der Waals surface area contributed by atoms with E-state index in [2.05, 4.69) is 6.92 Å². The van der Waals surface area contributed by atoms with Crippen molar-refractivity contribution in [2.24, 2.45) is 5.73 Å². The second kappa shape index (κ2) is 6.48. The summed E-state index contributed by atoms with van der Waals surface area (Å²) in [6.07, 6.45) is 2.61. The maximum absolute atomic E-state index is 13.6. The van der Waals surface area contributed by atoms with Crippen molar-refractivity contribution >= 4 is 0 Å². The van der Waals surface area contributed by atoms with Crippen LogP contribution in [0, 0.1) is 5.82 Å². The molecule has 0 amide bonds. The molecule has 1 aromatic rings. The van der Waals surface area contributed by atoms with E-state index in [1.165, 1.54) is 6.07 Å². The first kappa shape index (κ1) is 13.0. The van der Waals surface area contributed by atoms with Gasteiger partial charge in [-0.1, -0.05) is 25.5 Å². The van der Waals surface area contributed by atoms with Crippen LogP contribution in [0.25, 0.3) is 0 Å². The van der Waals surface area contributed by atoms with Crippen molar-refractivity contribution in [3.63, 3.8) is 0 Å². The summed E-state index contributed by atoms with van der Waals surface area (Å²) < 4.78 is 19.0. The fraction of sp³-hybridized carbons (Fsp3) is 0.538. The summed E-state index contributed by atoms with van der Waals surface area (Å²) in [7, 11) is 0. The molecule has 0 aromatic heterocycles. The number of rotatable bonds is 6. The molecule has 0 bridgehead atoms. The summed E-state index contributed by atoms with van der Waals surface area (Å²) in [5.74, 6) is 0.0718. The van der Waals surface area contributed by atoms with Gasteiger partial charge in [-0.3, -0.25) is 0 Å². The highest BCUT2D eigenvalue weighted by molar-refractivity contribution is 5.35. The molecule has 2 N–H and O–H groups in total. The number of halogens is 1. The van der Waals surface area contributed by atoms with Gasteiger partial charge in [0.05, 0.1) is 6.61 Å². The molecular weight excluding hydrogens is 205 g/mol. The summed E-state index contributed by atoms with van der Waals surface area (Å²) in [5.41, 5.74) is 6.57. The lowest BCUT2D eigenvalue weighted by atomic mass is 10.1. The minimum Gasteiger partial charge on any atom is -0.490 e. The van der Waals surface area contributed by atoms with Crippen LogP contribution in [0.2, 0.25) is 0 Å². The monoisotopic (exact) mass is 225 g/mol. The molecule has 0 spiro atoms. The molecule has 0 fully saturated rings. The number of nitrogens with two attached hydrogens (primary N) is 1. The molecule has 1 atom stereocenters. The predicted molar refractivity (Wildman–Crippen MR) is 64.2 cm³/mol. The summed E-state index contributed by atoms with van der Waals surface area (Å²) in [6, 6.07) is 5.00. The van der Waals surface area contributed by atoms with E-state index in [-0.39, 0.29) is 11.9 Å². The Balaban J connectivity index is 2.77. The molecule has 0 radical (unpaired) electrons. The van der Waals surface area contributed by atoms with Crippen LogP contribution in [0.4, 0.5) is 4.39 Å². The molecule has 1 unspecified atom stereocenters. The van der Waals surface area contributed by atoms with Crippen molar-refractivity contribution in [1.82, 2.24) is 0 Å². The summed E-state index contributed by atoms with van der Waals surface area (Å²) in [4.78, 5) is 0.